The minimum absolute atomic E-state index is 0.0218. The third-order valence-corrected chi connectivity index (χ3v) is 16.4. The quantitative estimate of drug-likeness (QED) is 0.165. The van der Waals surface area contributed by atoms with E-state index in [0.717, 1.165) is 50.0 Å². The SMILES string of the molecule is CC1C=C2c3nc(-c4ccccc4)nc(n3)-c3cccc4oc5ccc(cc5c34)C3(C)C=C4c5cc(-c6ccc7c(c6)c6ccccc6n7-c6ccccc6)ccc5N(c5ccccc5)C4(C)C1=C3C2C. The van der Waals surface area contributed by atoms with Crippen LogP contribution >= 0.6 is 0 Å². The zero-order valence-corrected chi connectivity index (χ0v) is 39.9. The molecule has 11 aromatic rings. The molecule has 71 heavy (non-hydrogen) atoms. The molecule has 0 saturated carbocycles. The lowest BCUT2D eigenvalue weighted by atomic mass is 9.55. The molecular formula is C65H47N5O. The van der Waals surface area contributed by atoms with Gasteiger partial charge < -0.3 is 13.9 Å². The van der Waals surface area contributed by atoms with Crippen molar-refractivity contribution in [2.75, 3.05) is 4.90 Å². The van der Waals surface area contributed by atoms with Gasteiger partial charge in [-0.15, -0.1) is 0 Å². The average Bonchev–Trinajstić information content (AvgIpc) is 4.05. The van der Waals surface area contributed by atoms with E-state index in [1.54, 1.807) is 0 Å². The fraction of sp³-hybridized carbons (Fsp3) is 0.123. The van der Waals surface area contributed by atoms with Crippen LogP contribution in [0.2, 0.25) is 0 Å². The largest absolute Gasteiger partial charge is 0.456 e. The Morgan fingerprint density at radius 1 is 0.507 bits per heavy atom. The first kappa shape index (κ1) is 40.3. The van der Waals surface area contributed by atoms with E-state index in [2.05, 4.69) is 219 Å². The zero-order chi connectivity index (χ0) is 47.3. The Balaban J connectivity index is 0.990. The Morgan fingerprint density at radius 2 is 1.20 bits per heavy atom. The van der Waals surface area contributed by atoms with Crippen molar-refractivity contribution in [1.29, 1.82) is 0 Å². The Bertz CT molecular complexity index is 4180. The minimum Gasteiger partial charge on any atom is -0.456 e. The molecular weight excluding hydrogens is 867 g/mol. The molecule has 4 unspecified atom stereocenters. The van der Waals surface area contributed by atoms with Crippen molar-refractivity contribution in [3.05, 3.63) is 228 Å². The molecule has 0 fully saturated rings. The number of hydrogen-bond donors (Lipinski definition) is 0. The van der Waals surface area contributed by atoms with Gasteiger partial charge in [0.1, 0.15) is 11.2 Å². The molecule has 3 aromatic heterocycles. The first-order valence-corrected chi connectivity index (χ1v) is 24.8. The Hall–Kier alpha value is -8.61. The number of allylic oxidation sites excluding steroid dienone is 4. The Morgan fingerprint density at radius 3 is 2.01 bits per heavy atom. The van der Waals surface area contributed by atoms with E-state index < -0.39 is 11.0 Å². The van der Waals surface area contributed by atoms with Gasteiger partial charge in [-0.05, 0) is 126 Å². The molecule has 0 N–H and O–H groups in total. The van der Waals surface area contributed by atoms with E-state index >= 15 is 0 Å². The molecule has 6 heteroatoms. The summed E-state index contributed by atoms with van der Waals surface area (Å²) in [6.07, 6.45) is 5.09. The predicted molar refractivity (Wildman–Crippen MR) is 290 cm³/mol. The highest BCUT2D eigenvalue weighted by Crippen LogP contribution is 2.65. The molecule has 4 atom stereocenters. The van der Waals surface area contributed by atoms with Gasteiger partial charge in [-0.2, -0.15) is 0 Å². The fourth-order valence-electron chi connectivity index (χ4n) is 13.3. The van der Waals surface area contributed by atoms with Crippen LogP contribution in [0.5, 0.6) is 0 Å². The zero-order valence-electron chi connectivity index (χ0n) is 39.9. The third kappa shape index (κ3) is 5.50. The van der Waals surface area contributed by atoms with Crippen LogP contribution in [0.25, 0.3) is 94.5 Å². The molecule has 6 bridgehead atoms. The van der Waals surface area contributed by atoms with Gasteiger partial charge in [0, 0.05) is 72.2 Å². The van der Waals surface area contributed by atoms with Crippen molar-refractivity contribution in [2.24, 2.45) is 11.8 Å². The van der Waals surface area contributed by atoms with E-state index in [1.807, 2.05) is 18.2 Å². The summed E-state index contributed by atoms with van der Waals surface area (Å²) >= 11 is 0. The first-order valence-electron chi connectivity index (χ1n) is 24.8. The van der Waals surface area contributed by atoms with Gasteiger partial charge >= 0.3 is 0 Å². The molecule has 15 rings (SSSR count). The number of rotatable bonds is 4. The second-order valence-corrected chi connectivity index (χ2v) is 20.3. The molecule has 0 amide bonds. The van der Waals surface area contributed by atoms with Crippen LogP contribution in [-0.4, -0.2) is 25.1 Å². The average molecular weight is 914 g/mol. The highest BCUT2D eigenvalue weighted by Gasteiger charge is 2.57. The van der Waals surface area contributed by atoms with Gasteiger partial charge in [0.2, 0.25) is 0 Å². The van der Waals surface area contributed by atoms with Gasteiger partial charge in [-0.25, -0.2) is 15.0 Å². The first-order chi connectivity index (χ1) is 34.8. The monoisotopic (exact) mass is 913 g/mol. The molecule has 5 heterocycles. The van der Waals surface area contributed by atoms with Crippen molar-refractivity contribution >= 4 is 66.3 Å². The second-order valence-electron chi connectivity index (χ2n) is 20.3. The van der Waals surface area contributed by atoms with Gasteiger partial charge in [-0.3, -0.25) is 0 Å². The van der Waals surface area contributed by atoms with Crippen LogP contribution in [0.1, 0.15) is 44.6 Å². The molecule has 2 aliphatic carbocycles. The molecule has 0 spiro atoms. The van der Waals surface area contributed by atoms with Gasteiger partial charge in [0.15, 0.2) is 17.5 Å². The summed E-state index contributed by atoms with van der Waals surface area (Å²) in [5.41, 5.74) is 18.5. The summed E-state index contributed by atoms with van der Waals surface area (Å²) in [6, 6.07) is 68.1. The maximum Gasteiger partial charge on any atom is 0.164 e. The number of aromatic nitrogens is 4. The van der Waals surface area contributed by atoms with Crippen molar-refractivity contribution in [3.8, 4) is 39.6 Å². The Kier molecular flexibility index (Phi) is 8.21. The van der Waals surface area contributed by atoms with E-state index in [9.17, 15) is 0 Å². The van der Waals surface area contributed by atoms with Crippen LogP contribution in [0.4, 0.5) is 11.4 Å². The smallest absolute Gasteiger partial charge is 0.164 e. The van der Waals surface area contributed by atoms with Crippen LogP contribution in [0.15, 0.2) is 216 Å². The number of hydrogen-bond acceptors (Lipinski definition) is 5. The summed E-state index contributed by atoms with van der Waals surface area (Å²) in [4.78, 5) is 18.6. The molecule has 2 aliphatic heterocycles. The van der Waals surface area contributed by atoms with E-state index in [0.29, 0.717) is 17.5 Å². The van der Waals surface area contributed by atoms with Crippen LogP contribution in [-0.2, 0) is 5.41 Å². The topological polar surface area (TPSA) is 60.0 Å². The van der Waals surface area contributed by atoms with Crippen LogP contribution in [0.3, 0.4) is 0 Å². The predicted octanol–water partition coefficient (Wildman–Crippen LogP) is 16.1. The summed E-state index contributed by atoms with van der Waals surface area (Å²) < 4.78 is 9.07. The maximum absolute atomic E-state index is 6.68. The summed E-state index contributed by atoms with van der Waals surface area (Å²) in [6.45, 7) is 9.70. The van der Waals surface area contributed by atoms with E-state index in [4.69, 9.17) is 19.4 Å². The molecule has 8 aromatic carbocycles. The Labute approximate surface area is 411 Å². The van der Waals surface area contributed by atoms with Crippen molar-refractivity contribution < 1.29 is 4.42 Å². The highest BCUT2D eigenvalue weighted by atomic mass is 16.3. The van der Waals surface area contributed by atoms with Crippen LogP contribution < -0.4 is 4.90 Å². The number of fused-ring (bicyclic) bond motifs is 14. The number of para-hydroxylation sites is 3. The highest BCUT2D eigenvalue weighted by molar-refractivity contribution is 6.13. The van der Waals surface area contributed by atoms with E-state index in [1.165, 1.54) is 66.5 Å². The molecule has 4 aliphatic rings. The van der Waals surface area contributed by atoms with Crippen molar-refractivity contribution in [3.63, 3.8) is 0 Å². The van der Waals surface area contributed by atoms with E-state index in [-0.39, 0.29) is 11.8 Å². The number of furan rings is 1. The lowest BCUT2D eigenvalue weighted by molar-refractivity contribution is 0.509. The summed E-state index contributed by atoms with van der Waals surface area (Å²) in [5, 5.41) is 4.56. The second kappa shape index (κ2) is 14.5. The normalized spacial score (nSPS) is 20.9. The standard InChI is InChI=1S/C65H47N5O/c1-38-33-48-39(2)60-59(38)65(4)52(37-64(60,3)43-29-32-56-51(36-43)58-47(24-16-26-57(58)71-56)62-66-61(67-63(48)68-62)40-17-8-5-9-18-40)50-35-42(28-31-55(50)70(65)45-21-12-7-13-22-45)41-27-30-54-49(34-41)46-23-14-15-25-53(46)69(54)44-19-10-6-11-20-44/h5-39H,1-4H3. The lowest BCUT2D eigenvalue weighted by Crippen LogP contribution is -2.50. The van der Waals surface area contributed by atoms with Crippen molar-refractivity contribution in [1.82, 2.24) is 19.5 Å². The molecule has 0 saturated heterocycles. The molecule has 0 radical (unpaired) electrons. The van der Waals surface area contributed by atoms with Gasteiger partial charge in [0.25, 0.3) is 0 Å². The maximum atomic E-state index is 6.68. The fourth-order valence-corrected chi connectivity index (χ4v) is 13.3. The molecule has 338 valence electrons. The molecule has 6 nitrogen and oxygen atoms in total. The van der Waals surface area contributed by atoms with Crippen LogP contribution in [0, 0.1) is 11.8 Å². The number of anilines is 2. The number of nitrogens with zero attached hydrogens (tertiary/aromatic N) is 5. The minimum atomic E-state index is -0.546. The third-order valence-electron chi connectivity index (χ3n) is 16.4. The summed E-state index contributed by atoms with van der Waals surface area (Å²) in [5.74, 6) is 2.00. The number of benzene rings is 8. The lowest BCUT2D eigenvalue weighted by Gasteiger charge is -2.52. The van der Waals surface area contributed by atoms with Crippen molar-refractivity contribution in [2.45, 2.75) is 38.6 Å². The van der Waals surface area contributed by atoms with Gasteiger partial charge in [0.05, 0.1) is 16.6 Å². The summed E-state index contributed by atoms with van der Waals surface area (Å²) in [7, 11) is 0. The van der Waals surface area contributed by atoms with Gasteiger partial charge in [-0.1, -0.05) is 141 Å².